The summed E-state index contributed by atoms with van der Waals surface area (Å²) >= 11 is 1.58. The van der Waals surface area contributed by atoms with Crippen LogP contribution >= 0.6 is 11.3 Å². The number of rotatable bonds is 5. The van der Waals surface area contributed by atoms with Gasteiger partial charge in [0.15, 0.2) is 5.13 Å². The molecule has 1 amide bonds. The molecule has 0 aliphatic heterocycles. The zero-order chi connectivity index (χ0) is 17.4. The van der Waals surface area contributed by atoms with Crippen molar-refractivity contribution in [3.8, 4) is 5.75 Å². The average Bonchev–Trinajstić information content (AvgIpc) is 3.35. The van der Waals surface area contributed by atoms with E-state index in [2.05, 4.69) is 17.1 Å². The van der Waals surface area contributed by atoms with E-state index in [9.17, 15) is 4.79 Å². The lowest BCUT2D eigenvalue weighted by molar-refractivity contribution is -0.119. The Bertz CT molecular complexity index is 782. The van der Waals surface area contributed by atoms with Gasteiger partial charge in [-0.3, -0.25) is 9.69 Å². The molecule has 0 saturated heterocycles. The number of methoxy groups -OCH3 is 1. The number of hydrogen-bond acceptors (Lipinski definition) is 4. The molecule has 4 nitrogen and oxygen atoms in total. The summed E-state index contributed by atoms with van der Waals surface area (Å²) < 4.78 is 5.35. The van der Waals surface area contributed by atoms with Gasteiger partial charge in [-0.1, -0.05) is 6.07 Å². The summed E-state index contributed by atoms with van der Waals surface area (Å²) in [6.45, 7) is 1.99. The first-order chi connectivity index (χ1) is 12.2. The SMILES string of the molecule is COc1ccc2c(c1)CCC[C@H]2CC(=O)N(c1nc(C)cs1)C1CC1. The molecule has 25 heavy (non-hydrogen) atoms. The lowest BCUT2D eigenvalue weighted by Gasteiger charge is -2.28. The molecule has 1 aromatic heterocycles. The first-order valence-electron chi connectivity index (χ1n) is 9.06. The average molecular weight is 356 g/mol. The van der Waals surface area contributed by atoms with E-state index in [1.54, 1.807) is 18.4 Å². The molecule has 1 atom stereocenters. The van der Waals surface area contributed by atoms with Gasteiger partial charge in [-0.2, -0.15) is 0 Å². The Morgan fingerprint density at radius 2 is 2.20 bits per heavy atom. The minimum atomic E-state index is 0.227. The van der Waals surface area contributed by atoms with Gasteiger partial charge in [0.2, 0.25) is 5.91 Å². The van der Waals surface area contributed by atoms with E-state index in [1.807, 2.05) is 23.3 Å². The van der Waals surface area contributed by atoms with Crippen LogP contribution in [-0.4, -0.2) is 24.0 Å². The van der Waals surface area contributed by atoms with Crippen molar-refractivity contribution in [2.24, 2.45) is 0 Å². The first kappa shape index (κ1) is 16.6. The highest BCUT2D eigenvalue weighted by Gasteiger charge is 2.36. The van der Waals surface area contributed by atoms with E-state index in [0.717, 1.165) is 48.7 Å². The molecule has 2 aliphatic carbocycles. The maximum absolute atomic E-state index is 13.1. The standard InChI is InChI=1S/C20H24N2O2S/c1-13-12-25-20(21-13)22(16-6-7-16)19(23)11-15-5-3-4-14-10-17(24-2)8-9-18(14)15/h8-10,12,15-16H,3-7,11H2,1-2H3/t15-/m0/s1. The zero-order valence-electron chi connectivity index (χ0n) is 14.8. The Morgan fingerprint density at radius 3 is 2.88 bits per heavy atom. The van der Waals surface area contributed by atoms with Crippen molar-refractivity contribution in [2.45, 2.75) is 57.4 Å². The molecular formula is C20H24N2O2S. The Balaban J connectivity index is 1.55. The van der Waals surface area contributed by atoms with Crippen molar-refractivity contribution in [3.05, 3.63) is 40.4 Å². The van der Waals surface area contributed by atoms with Crippen LogP contribution in [0.25, 0.3) is 0 Å². The summed E-state index contributed by atoms with van der Waals surface area (Å²) in [6, 6.07) is 6.66. The fraction of sp³-hybridized carbons (Fsp3) is 0.500. The molecule has 0 N–H and O–H groups in total. The van der Waals surface area contributed by atoms with Gasteiger partial charge in [-0.25, -0.2) is 4.98 Å². The number of fused-ring (bicyclic) bond motifs is 1. The van der Waals surface area contributed by atoms with E-state index >= 15 is 0 Å². The second-order valence-electron chi connectivity index (χ2n) is 7.12. The van der Waals surface area contributed by atoms with Crippen LogP contribution in [0, 0.1) is 6.92 Å². The molecule has 2 aliphatic rings. The van der Waals surface area contributed by atoms with Gasteiger partial charge in [-0.05, 0) is 68.2 Å². The molecule has 0 radical (unpaired) electrons. The number of benzene rings is 1. The molecule has 132 valence electrons. The Hall–Kier alpha value is -1.88. The van der Waals surface area contributed by atoms with Crippen molar-refractivity contribution in [1.29, 1.82) is 0 Å². The molecule has 0 bridgehead atoms. The monoisotopic (exact) mass is 356 g/mol. The summed E-state index contributed by atoms with van der Waals surface area (Å²) in [5.41, 5.74) is 3.66. The number of nitrogens with zero attached hydrogens (tertiary/aromatic N) is 2. The Morgan fingerprint density at radius 1 is 1.36 bits per heavy atom. The minimum absolute atomic E-state index is 0.227. The van der Waals surface area contributed by atoms with Crippen LogP contribution in [0.15, 0.2) is 23.6 Å². The van der Waals surface area contributed by atoms with Crippen LogP contribution < -0.4 is 9.64 Å². The molecule has 1 saturated carbocycles. The van der Waals surface area contributed by atoms with Gasteiger partial charge < -0.3 is 4.74 Å². The molecular weight excluding hydrogens is 332 g/mol. The zero-order valence-corrected chi connectivity index (χ0v) is 15.6. The maximum atomic E-state index is 13.1. The number of carbonyl (C=O) groups is 1. The molecule has 2 aromatic rings. The van der Waals surface area contributed by atoms with Crippen LogP contribution in [0.2, 0.25) is 0 Å². The van der Waals surface area contributed by atoms with E-state index in [4.69, 9.17) is 4.74 Å². The van der Waals surface area contributed by atoms with Gasteiger partial charge in [0, 0.05) is 17.8 Å². The van der Waals surface area contributed by atoms with Gasteiger partial charge in [0.1, 0.15) is 5.75 Å². The Kier molecular flexibility index (Phi) is 4.50. The van der Waals surface area contributed by atoms with Crippen molar-refractivity contribution in [3.63, 3.8) is 0 Å². The maximum Gasteiger partial charge on any atom is 0.229 e. The lowest BCUT2D eigenvalue weighted by atomic mass is 9.80. The number of anilines is 1. The topological polar surface area (TPSA) is 42.4 Å². The first-order valence-corrected chi connectivity index (χ1v) is 9.94. The van der Waals surface area contributed by atoms with Crippen LogP contribution in [0.4, 0.5) is 5.13 Å². The summed E-state index contributed by atoms with van der Waals surface area (Å²) in [7, 11) is 1.70. The third kappa shape index (κ3) is 3.43. The third-order valence-electron chi connectivity index (χ3n) is 5.20. The van der Waals surface area contributed by atoms with Gasteiger partial charge >= 0.3 is 0 Å². The number of hydrogen-bond donors (Lipinski definition) is 0. The molecule has 1 heterocycles. The largest absolute Gasteiger partial charge is 0.497 e. The number of thiazole rings is 1. The molecule has 4 rings (SSSR count). The second-order valence-corrected chi connectivity index (χ2v) is 7.96. The molecule has 1 aromatic carbocycles. The summed E-state index contributed by atoms with van der Waals surface area (Å²) in [5.74, 6) is 1.44. The number of aryl methyl sites for hydroxylation is 2. The van der Waals surface area contributed by atoms with Crippen molar-refractivity contribution in [2.75, 3.05) is 12.0 Å². The van der Waals surface area contributed by atoms with Gasteiger partial charge in [0.25, 0.3) is 0 Å². The predicted octanol–water partition coefficient (Wildman–Crippen LogP) is 4.47. The normalized spacial score (nSPS) is 19.4. The predicted molar refractivity (Wildman–Crippen MR) is 101 cm³/mol. The summed E-state index contributed by atoms with van der Waals surface area (Å²) in [5, 5.41) is 2.90. The highest BCUT2D eigenvalue weighted by Crippen LogP contribution is 2.39. The highest BCUT2D eigenvalue weighted by atomic mass is 32.1. The van der Waals surface area contributed by atoms with Gasteiger partial charge in [0.05, 0.1) is 12.8 Å². The second kappa shape index (κ2) is 6.79. The van der Waals surface area contributed by atoms with Crippen molar-refractivity contribution < 1.29 is 9.53 Å². The number of aromatic nitrogens is 1. The molecule has 0 unspecified atom stereocenters. The van der Waals surface area contributed by atoms with E-state index in [1.165, 1.54) is 11.1 Å². The molecule has 1 fully saturated rings. The fourth-order valence-electron chi connectivity index (χ4n) is 3.79. The number of amides is 1. The van der Waals surface area contributed by atoms with Crippen molar-refractivity contribution in [1.82, 2.24) is 4.98 Å². The Labute approximate surface area is 152 Å². The minimum Gasteiger partial charge on any atom is -0.497 e. The van der Waals surface area contributed by atoms with Gasteiger partial charge in [-0.15, -0.1) is 11.3 Å². The summed E-state index contributed by atoms with van der Waals surface area (Å²) in [6.07, 6.45) is 6.08. The lowest BCUT2D eigenvalue weighted by Crippen LogP contribution is -2.34. The highest BCUT2D eigenvalue weighted by molar-refractivity contribution is 7.14. The van der Waals surface area contributed by atoms with E-state index < -0.39 is 0 Å². The number of carbonyl (C=O) groups excluding carboxylic acids is 1. The van der Waals surface area contributed by atoms with Crippen LogP contribution in [0.3, 0.4) is 0 Å². The molecule has 5 heteroatoms. The summed E-state index contributed by atoms with van der Waals surface area (Å²) in [4.78, 5) is 19.6. The van der Waals surface area contributed by atoms with Crippen molar-refractivity contribution >= 4 is 22.4 Å². The van der Waals surface area contributed by atoms with Crippen LogP contribution in [0.1, 0.15) is 54.8 Å². The molecule has 0 spiro atoms. The van der Waals surface area contributed by atoms with Crippen LogP contribution in [-0.2, 0) is 11.2 Å². The smallest absolute Gasteiger partial charge is 0.229 e. The van der Waals surface area contributed by atoms with E-state index in [0.29, 0.717) is 18.4 Å². The fourth-order valence-corrected chi connectivity index (χ4v) is 4.68. The quantitative estimate of drug-likeness (QED) is 0.794. The number of ether oxygens (including phenoxy) is 1. The van der Waals surface area contributed by atoms with E-state index in [-0.39, 0.29) is 5.91 Å². The third-order valence-corrected chi connectivity index (χ3v) is 6.16. The van der Waals surface area contributed by atoms with Crippen LogP contribution in [0.5, 0.6) is 5.75 Å².